The number of carbonyl (C=O) groups is 1. The molecular formula is C10H13N3O3. The van der Waals surface area contributed by atoms with Crippen LogP contribution < -0.4 is 0 Å². The number of terminal acetylenes is 1. The molecule has 0 aliphatic heterocycles. The molecular weight excluding hydrogens is 210 g/mol. The van der Waals surface area contributed by atoms with Gasteiger partial charge >= 0.3 is 5.97 Å². The van der Waals surface area contributed by atoms with E-state index < -0.39 is 5.97 Å². The fourth-order valence-electron chi connectivity index (χ4n) is 1.18. The second kappa shape index (κ2) is 5.88. The van der Waals surface area contributed by atoms with Gasteiger partial charge in [0, 0.05) is 6.42 Å². The fraction of sp³-hybridized carbons (Fsp3) is 0.500. The Hall–Kier alpha value is -1.87. The summed E-state index contributed by atoms with van der Waals surface area (Å²) in [5.41, 5.74) is 0. The maximum Gasteiger partial charge on any atom is 0.317 e. The van der Waals surface area contributed by atoms with Crippen molar-refractivity contribution in [2.24, 2.45) is 0 Å². The molecule has 1 rings (SSSR count). The number of carboxylic acids is 1. The second-order valence-corrected chi connectivity index (χ2v) is 3.20. The predicted molar refractivity (Wildman–Crippen MR) is 55.4 cm³/mol. The van der Waals surface area contributed by atoms with Crippen molar-refractivity contribution in [2.75, 3.05) is 13.1 Å². The van der Waals surface area contributed by atoms with E-state index >= 15 is 0 Å². The molecule has 1 aromatic rings. The summed E-state index contributed by atoms with van der Waals surface area (Å²) in [5, 5.41) is 12.4. The summed E-state index contributed by atoms with van der Waals surface area (Å²) in [6, 6.07) is 0. The summed E-state index contributed by atoms with van der Waals surface area (Å²) in [5.74, 6) is 2.43. The van der Waals surface area contributed by atoms with Gasteiger partial charge in [-0.2, -0.15) is 4.98 Å². The largest absolute Gasteiger partial charge is 0.480 e. The van der Waals surface area contributed by atoms with Gasteiger partial charge in [-0.3, -0.25) is 9.69 Å². The predicted octanol–water partition coefficient (Wildman–Crippen LogP) is 0.152. The minimum absolute atomic E-state index is 0.145. The van der Waals surface area contributed by atoms with Gasteiger partial charge in [0.05, 0.1) is 19.6 Å². The van der Waals surface area contributed by atoms with Gasteiger partial charge in [0.25, 0.3) is 0 Å². The lowest BCUT2D eigenvalue weighted by Gasteiger charge is -2.13. The van der Waals surface area contributed by atoms with Gasteiger partial charge in [-0.15, -0.1) is 6.42 Å². The van der Waals surface area contributed by atoms with Crippen molar-refractivity contribution in [3.63, 3.8) is 0 Å². The lowest BCUT2D eigenvalue weighted by Crippen LogP contribution is -2.29. The first-order valence-electron chi connectivity index (χ1n) is 4.84. The topological polar surface area (TPSA) is 79.5 Å². The first-order chi connectivity index (χ1) is 7.65. The molecule has 0 amide bonds. The van der Waals surface area contributed by atoms with Crippen LogP contribution in [0.2, 0.25) is 0 Å². The normalized spacial score (nSPS) is 10.3. The second-order valence-electron chi connectivity index (χ2n) is 3.20. The molecule has 6 heteroatoms. The highest BCUT2D eigenvalue weighted by Crippen LogP contribution is 2.02. The van der Waals surface area contributed by atoms with Crippen molar-refractivity contribution in [1.29, 1.82) is 0 Å². The number of carboxylic acid groups (broad SMARTS) is 1. The summed E-state index contributed by atoms with van der Waals surface area (Å²) in [6.07, 6.45) is 5.82. The minimum atomic E-state index is -0.939. The van der Waals surface area contributed by atoms with E-state index in [0.29, 0.717) is 18.1 Å². The molecule has 1 N–H and O–H groups in total. The van der Waals surface area contributed by atoms with Crippen LogP contribution in [0, 0.1) is 12.3 Å². The Morgan fingerprint density at radius 3 is 2.94 bits per heavy atom. The molecule has 1 heterocycles. The molecule has 0 aliphatic rings. The summed E-state index contributed by atoms with van der Waals surface area (Å²) >= 11 is 0. The van der Waals surface area contributed by atoms with Gasteiger partial charge in [-0.05, 0) is 0 Å². The van der Waals surface area contributed by atoms with Crippen LogP contribution in [0.4, 0.5) is 0 Å². The van der Waals surface area contributed by atoms with E-state index in [1.807, 2.05) is 6.92 Å². The molecule has 0 spiro atoms. The average Bonchev–Trinajstić information content (AvgIpc) is 2.65. The van der Waals surface area contributed by atoms with Gasteiger partial charge in [0.2, 0.25) is 5.89 Å². The molecule has 6 nitrogen and oxygen atoms in total. The molecule has 1 aromatic heterocycles. The smallest absolute Gasteiger partial charge is 0.317 e. The van der Waals surface area contributed by atoms with Crippen LogP contribution in [-0.4, -0.2) is 39.2 Å². The van der Waals surface area contributed by atoms with Crippen molar-refractivity contribution >= 4 is 5.97 Å². The van der Waals surface area contributed by atoms with E-state index in [1.54, 1.807) is 0 Å². The first-order valence-corrected chi connectivity index (χ1v) is 4.84. The van der Waals surface area contributed by atoms with E-state index in [9.17, 15) is 4.79 Å². The lowest BCUT2D eigenvalue weighted by molar-refractivity contribution is -0.138. The molecule has 0 atom stereocenters. The number of hydrogen-bond donors (Lipinski definition) is 1. The molecule has 0 bridgehead atoms. The van der Waals surface area contributed by atoms with E-state index in [4.69, 9.17) is 16.1 Å². The summed E-state index contributed by atoms with van der Waals surface area (Å²) < 4.78 is 4.95. The number of hydrogen-bond acceptors (Lipinski definition) is 5. The van der Waals surface area contributed by atoms with Crippen LogP contribution in [0.3, 0.4) is 0 Å². The molecule has 16 heavy (non-hydrogen) atoms. The third-order valence-corrected chi connectivity index (χ3v) is 1.86. The van der Waals surface area contributed by atoms with Crippen LogP contribution in [0.1, 0.15) is 18.6 Å². The number of aromatic nitrogens is 2. The van der Waals surface area contributed by atoms with E-state index in [2.05, 4.69) is 16.1 Å². The Bertz CT molecular complexity index is 394. The Morgan fingerprint density at radius 2 is 2.44 bits per heavy atom. The Labute approximate surface area is 93.3 Å². The molecule has 0 aliphatic carbocycles. The zero-order valence-electron chi connectivity index (χ0n) is 9.01. The average molecular weight is 223 g/mol. The van der Waals surface area contributed by atoms with Gasteiger partial charge in [0.15, 0.2) is 5.82 Å². The van der Waals surface area contributed by atoms with Crippen molar-refractivity contribution in [3.05, 3.63) is 11.7 Å². The van der Waals surface area contributed by atoms with E-state index in [0.717, 1.165) is 0 Å². The van der Waals surface area contributed by atoms with Crippen molar-refractivity contribution in [3.8, 4) is 12.3 Å². The van der Waals surface area contributed by atoms with Crippen molar-refractivity contribution in [2.45, 2.75) is 19.9 Å². The monoisotopic (exact) mass is 223 g/mol. The van der Waals surface area contributed by atoms with Crippen LogP contribution in [0.15, 0.2) is 4.52 Å². The zero-order chi connectivity index (χ0) is 12.0. The van der Waals surface area contributed by atoms with Crippen LogP contribution >= 0.6 is 0 Å². The van der Waals surface area contributed by atoms with Gasteiger partial charge in [-0.1, -0.05) is 18.0 Å². The minimum Gasteiger partial charge on any atom is -0.480 e. The third kappa shape index (κ3) is 3.71. The number of aliphatic carboxylic acids is 1. The number of aryl methyl sites for hydroxylation is 1. The van der Waals surface area contributed by atoms with Gasteiger partial charge in [-0.25, -0.2) is 0 Å². The fourth-order valence-corrected chi connectivity index (χ4v) is 1.18. The number of nitrogens with zero attached hydrogens (tertiary/aromatic N) is 3. The van der Waals surface area contributed by atoms with Crippen molar-refractivity contribution in [1.82, 2.24) is 15.0 Å². The first kappa shape index (κ1) is 12.2. The highest BCUT2D eigenvalue weighted by Gasteiger charge is 2.13. The van der Waals surface area contributed by atoms with Crippen LogP contribution in [0.5, 0.6) is 0 Å². The molecule has 0 aromatic carbocycles. The quantitative estimate of drug-likeness (QED) is 0.691. The summed E-state index contributed by atoms with van der Waals surface area (Å²) in [6.45, 7) is 2.25. The maximum absolute atomic E-state index is 10.6. The zero-order valence-corrected chi connectivity index (χ0v) is 9.01. The maximum atomic E-state index is 10.6. The molecule has 0 saturated carbocycles. The van der Waals surface area contributed by atoms with Crippen LogP contribution in [-0.2, 0) is 17.8 Å². The van der Waals surface area contributed by atoms with Gasteiger partial charge in [0.1, 0.15) is 0 Å². The van der Waals surface area contributed by atoms with E-state index in [1.165, 1.54) is 4.90 Å². The Kier molecular flexibility index (Phi) is 4.48. The number of rotatable bonds is 6. The highest BCUT2D eigenvalue weighted by atomic mass is 16.5. The summed E-state index contributed by atoms with van der Waals surface area (Å²) in [7, 11) is 0. The summed E-state index contributed by atoms with van der Waals surface area (Å²) in [4.78, 5) is 16.2. The highest BCUT2D eigenvalue weighted by molar-refractivity contribution is 5.69. The third-order valence-electron chi connectivity index (χ3n) is 1.86. The standard InChI is InChI=1S/C10H13N3O3/c1-3-5-13(7-10(14)15)6-9-11-8(4-2)12-16-9/h1H,4-7H2,2H3,(H,14,15). The molecule has 86 valence electrons. The van der Waals surface area contributed by atoms with E-state index in [-0.39, 0.29) is 19.6 Å². The SMILES string of the molecule is C#CCN(CC(=O)O)Cc1nc(CC)no1. The van der Waals surface area contributed by atoms with Crippen LogP contribution in [0.25, 0.3) is 0 Å². The lowest BCUT2D eigenvalue weighted by atomic mass is 10.4. The molecule has 0 unspecified atom stereocenters. The molecule has 0 fully saturated rings. The Balaban J connectivity index is 2.60. The van der Waals surface area contributed by atoms with Gasteiger partial charge < -0.3 is 9.63 Å². The van der Waals surface area contributed by atoms with Crippen molar-refractivity contribution < 1.29 is 14.4 Å². The molecule has 0 radical (unpaired) electrons. The molecule has 0 saturated heterocycles. The Morgan fingerprint density at radius 1 is 1.69 bits per heavy atom.